The molecule has 0 saturated carbocycles. The zero-order valence-electron chi connectivity index (χ0n) is 8.59. The van der Waals surface area contributed by atoms with E-state index in [1.54, 1.807) is 19.1 Å². The Kier molecular flexibility index (Phi) is 4.65. The molecule has 0 saturated heterocycles. The van der Waals surface area contributed by atoms with Crippen molar-refractivity contribution in [3.05, 3.63) is 29.6 Å². The second kappa shape index (κ2) is 6.05. The minimum Gasteiger partial charge on any atom is -0.489 e. The molecule has 2 nitrogen and oxygen atoms in total. The zero-order valence-corrected chi connectivity index (χ0v) is 8.59. The first-order valence-electron chi connectivity index (χ1n) is 4.70. The molecule has 3 heteroatoms. The van der Waals surface area contributed by atoms with Gasteiger partial charge in [0, 0.05) is 12.0 Å². The summed E-state index contributed by atoms with van der Waals surface area (Å²) in [6.07, 6.45) is 0.551. The average Bonchev–Trinajstić information content (AvgIpc) is 2.26. The van der Waals surface area contributed by atoms with Gasteiger partial charge in [0.05, 0.1) is 13.2 Å². The first-order chi connectivity index (χ1) is 7.29. The molecule has 0 amide bonds. The largest absolute Gasteiger partial charge is 0.489 e. The fourth-order valence-corrected chi connectivity index (χ4v) is 1.17. The molecule has 15 heavy (non-hydrogen) atoms. The first-order valence-corrected chi connectivity index (χ1v) is 4.70. The van der Waals surface area contributed by atoms with Crippen LogP contribution in [0.5, 0.6) is 5.75 Å². The van der Waals surface area contributed by atoms with E-state index in [0.29, 0.717) is 18.6 Å². The maximum atomic E-state index is 13.3. The van der Waals surface area contributed by atoms with Crippen molar-refractivity contribution in [1.82, 2.24) is 0 Å². The number of para-hydroxylation sites is 1. The predicted octanol–water partition coefficient (Wildman–Crippen LogP) is 2.11. The highest BCUT2D eigenvalue weighted by molar-refractivity contribution is 5.34. The van der Waals surface area contributed by atoms with Gasteiger partial charge in [0.2, 0.25) is 0 Å². The van der Waals surface area contributed by atoms with Crippen LogP contribution >= 0.6 is 0 Å². The Labute approximate surface area is 88.7 Å². The second-order valence-corrected chi connectivity index (χ2v) is 2.91. The summed E-state index contributed by atoms with van der Waals surface area (Å²) in [6, 6.07) is 4.48. The van der Waals surface area contributed by atoms with Gasteiger partial charge in [-0.3, -0.25) is 0 Å². The Morgan fingerprint density at radius 3 is 2.93 bits per heavy atom. The summed E-state index contributed by atoms with van der Waals surface area (Å²) in [4.78, 5) is 0. The lowest BCUT2D eigenvalue weighted by Gasteiger charge is -2.09. The Morgan fingerprint density at radius 1 is 1.47 bits per heavy atom. The lowest BCUT2D eigenvalue weighted by atomic mass is 10.2. The van der Waals surface area contributed by atoms with Crippen LogP contribution in [0.1, 0.15) is 18.9 Å². The molecular formula is C12H13FO2. The third-order valence-electron chi connectivity index (χ3n) is 1.87. The molecule has 0 aromatic heterocycles. The minimum atomic E-state index is -0.453. The molecule has 1 rings (SSSR count). The third-order valence-corrected chi connectivity index (χ3v) is 1.87. The van der Waals surface area contributed by atoms with Gasteiger partial charge in [-0.2, -0.15) is 0 Å². The fraction of sp³-hybridized carbons (Fsp3) is 0.333. The molecule has 0 aliphatic carbocycles. The predicted molar refractivity (Wildman–Crippen MR) is 55.9 cm³/mol. The van der Waals surface area contributed by atoms with Crippen LogP contribution in [0.3, 0.4) is 0 Å². The lowest BCUT2D eigenvalue weighted by molar-refractivity contribution is 0.259. The topological polar surface area (TPSA) is 29.5 Å². The van der Waals surface area contributed by atoms with E-state index in [0.717, 1.165) is 0 Å². The third kappa shape index (κ3) is 3.26. The molecule has 1 aromatic rings. The number of benzene rings is 1. The molecular weight excluding hydrogens is 195 g/mol. The standard InChI is InChI=1S/C12H13FO2/c1-2-3-4-8-15-12-10(9-14)6-5-7-11(12)13/h5-7,14H,4,8-9H2,1H3. The van der Waals surface area contributed by atoms with Crippen molar-refractivity contribution >= 4 is 0 Å². The van der Waals surface area contributed by atoms with Gasteiger partial charge in [0.15, 0.2) is 11.6 Å². The molecule has 0 aliphatic rings. The van der Waals surface area contributed by atoms with Crippen molar-refractivity contribution in [2.24, 2.45) is 0 Å². The maximum absolute atomic E-state index is 13.3. The molecule has 0 spiro atoms. The quantitative estimate of drug-likeness (QED) is 0.606. The van der Waals surface area contributed by atoms with Crippen molar-refractivity contribution in [2.45, 2.75) is 20.0 Å². The average molecular weight is 208 g/mol. The van der Waals surface area contributed by atoms with Crippen LogP contribution in [-0.2, 0) is 6.61 Å². The molecule has 0 heterocycles. The van der Waals surface area contributed by atoms with Crippen molar-refractivity contribution in [3.63, 3.8) is 0 Å². The van der Waals surface area contributed by atoms with Gasteiger partial charge in [-0.25, -0.2) is 4.39 Å². The van der Waals surface area contributed by atoms with Gasteiger partial charge in [-0.05, 0) is 13.0 Å². The highest BCUT2D eigenvalue weighted by atomic mass is 19.1. The number of hydrogen-bond acceptors (Lipinski definition) is 2. The van der Waals surface area contributed by atoms with Crippen molar-refractivity contribution in [3.8, 4) is 17.6 Å². The number of aliphatic hydroxyl groups is 1. The van der Waals surface area contributed by atoms with Crippen LogP contribution in [-0.4, -0.2) is 11.7 Å². The van der Waals surface area contributed by atoms with E-state index in [4.69, 9.17) is 9.84 Å². The van der Waals surface area contributed by atoms with Gasteiger partial charge < -0.3 is 9.84 Å². The molecule has 1 N–H and O–H groups in total. The van der Waals surface area contributed by atoms with Crippen LogP contribution in [0.25, 0.3) is 0 Å². The monoisotopic (exact) mass is 208 g/mol. The highest BCUT2D eigenvalue weighted by Gasteiger charge is 2.08. The fourth-order valence-electron chi connectivity index (χ4n) is 1.17. The first kappa shape index (κ1) is 11.5. The summed E-state index contributed by atoms with van der Waals surface area (Å²) in [6.45, 7) is 1.84. The lowest BCUT2D eigenvalue weighted by Crippen LogP contribution is -2.01. The van der Waals surface area contributed by atoms with E-state index in [9.17, 15) is 4.39 Å². The Morgan fingerprint density at radius 2 is 2.27 bits per heavy atom. The molecule has 0 aliphatic heterocycles. The summed E-state index contributed by atoms with van der Waals surface area (Å²) < 4.78 is 18.5. The van der Waals surface area contributed by atoms with Crippen LogP contribution in [0.15, 0.2) is 18.2 Å². The molecule has 0 bridgehead atoms. The van der Waals surface area contributed by atoms with E-state index in [2.05, 4.69) is 11.8 Å². The number of rotatable bonds is 4. The molecule has 0 atom stereocenters. The van der Waals surface area contributed by atoms with Gasteiger partial charge in [-0.15, -0.1) is 11.8 Å². The van der Waals surface area contributed by atoms with E-state index >= 15 is 0 Å². The molecule has 1 aromatic carbocycles. The SMILES string of the molecule is CC#CCCOc1c(F)cccc1CO. The number of halogens is 1. The normalized spacial score (nSPS) is 9.27. The summed E-state index contributed by atoms with van der Waals surface area (Å²) in [5.74, 6) is 5.21. The Bertz CT molecular complexity index is 377. The second-order valence-electron chi connectivity index (χ2n) is 2.91. The Hall–Kier alpha value is -1.53. The van der Waals surface area contributed by atoms with Crippen molar-refractivity contribution < 1.29 is 14.2 Å². The molecule has 80 valence electrons. The van der Waals surface area contributed by atoms with Crippen LogP contribution in [0.2, 0.25) is 0 Å². The van der Waals surface area contributed by atoms with Crippen molar-refractivity contribution in [2.75, 3.05) is 6.61 Å². The summed E-state index contributed by atoms with van der Waals surface area (Å²) in [5, 5.41) is 8.97. The van der Waals surface area contributed by atoms with Gasteiger partial charge >= 0.3 is 0 Å². The molecule has 0 radical (unpaired) electrons. The van der Waals surface area contributed by atoms with E-state index in [-0.39, 0.29) is 12.4 Å². The summed E-state index contributed by atoms with van der Waals surface area (Å²) >= 11 is 0. The maximum Gasteiger partial charge on any atom is 0.165 e. The van der Waals surface area contributed by atoms with Crippen molar-refractivity contribution in [1.29, 1.82) is 0 Å². The number of hydrogen-bond donors (Lipinski definition) is 1. The van der Waals surface area contributed by atoms with Gasteiger partial charge in [0.1, 0.15) is 0 Å². The number of aliphatic hydroxyl groups excluding tert-OH is 1. The van der Waals surface area contributed by atoms with Crippen LogP contribution < -0.4 is 4.74 Å². The van der Waals surface area contributed by atoms with Gasteiger partial charge in [-0.1, -0.05) is 12.1 Å². The van der Waals surface area contributed by atoms with Crippen LogP contribution in [0.4, 0.5) is 4.39 Å². The smallest absolute Gasteiger partial charge is 0.165 e. The van der Waals surface area contributed by atoms with E-state index in [1.807, 2.05) is 0 Å². The van der Waals surface area contributed by atoms with E-state index in [1.165, 1.54) is 6.07 Å². The summed E-state index contributed by atoms with van der Waals surface area (Å²) in [5.41, 5.74) is 0.458. The zero-order chi connectivity index (χ0) is 11.1. The molecule has 0 fully saturated rings. The van der Waals surface area contributed by atoms with E-state index < -0.39 is 5.82 Å². The minimum absolute atomic E-state index is 0.123. The Balaban J connectivity index is 2.68. The molecule has 0 unspecified atom stereocenters. The number of ether oxygens (including phenoxy) is 1. The highest BCUT2D eigenvalue weighted by Crippen LogP contribution is 2.22. The van der Waals surface area contributed by atoms with Gasteiger partial charge in [0.25, 0.3) is 0 Å². The summed E-state index contributed by atoms with van der Waals surface area (Å²) in [7, 11) is 0. The van der Waals surface area contributed by atoms with Crippen LogP contribution in [0, 0.1) is 17.7 Å².